The molecule has 0 N–H and O–H groups in total. The second kappa shape index (κ2) is 9.62. The summed E-state index contributed by atoms with van der Waals surface area (Å²) in [4.78, 5) is 9.31. The fourth-order valence-corrected chi connectivity index (χ4v) is 6.77. The summed E-state index contributed by atoms with van der Waals surface area (Å²) in [5.41, 5.74) is 9.98. The Morgan fingerprint density at radius 2 is 0.674 bits per heavy atom. The Labute approximate surface area is 263 Å². The Balaban J connectivity index is 0.999. The molecule has 46 heavy (non-hydrogen) atoms. The van der Waals surface area contributed by atoms with Crippen LogP contribution < -0.4 is 0 Å². The zero-order valence-electron chi connectivity index (χ0n) is 24.6. The molecule has 8 aromatic carbocycles. The van der Waals surface area contributed by atoms with Crippen molar-refractivity contribution in [3.8, 4) is 45.2 Å². The van der Waals surface area contributed by atoms with Gasteiger partial charge in [-0.3, -0.25) is 0 Å². The Bertz CT molecular complexity index is 2410. The normalized spacial score (nSPS) is 11.9. The average molecular weight is 589 g/mol. The summed E-state index contributed by atoms with van der Waals surface area (Å²) in [7, 11) is 0. The summed E-state index contributed by atoms with van der Waals surface area (Å²) < 4.78 is 12.0. The highest BCUT2D eigenvalue weighted by atomic mass is 16.4. The van der Waals surface area contributed by atoms with E-state index in [9.17, 15) is 0 Å². The standard InChI is InChI=1S/C42H24N2O2/c1-3-7-37-35(5-1)43-41(45-37)27-13-9-25(10-14-27)33-21-29-17-19-31-23-34(24-32-20-18-30(22-33)39(29)40(31)32)26-11-15-28(16-12-26)42-44-36-6-2-4-8-38(36)46-42/h1-24H. The van der Waals surface area contributed by atoms with E-state index < -0.39 is 0 Å². The number of oxazole rings is 2. The van der Waals surface area contributed by atoms with Crippen molar-refractivity contribution in [1.82, 2.24) is 9.97 Å². The van der Waals surface area contributed by atoms with Crippen LogP contribution >= 0.6 is 0 Å². The van der Waals surface area contributed by atoms with Crippen LogP contribution in [0.2, 0.25) is 0 Å². The van der Waals surface area contributed by atoms with Crippen LogP contribution in [0, 0.1) is 0 Å². The van der Waals surface area contributed by atoms with Gasteiger partial charge in [0.2, 0.25) is 11.8 Å². The number of hydrogen-bond donors (Lipinski definition) is 0. The maximum Gasteiger partial charge on any atom is 0.227 e. The SMILES string of the molecule is c1ccc2oc(-c3ccc(-c4cc5ccc6cc(-c7ccc(-c8nc9ccccc9o8)cc7)cc7ccc(c4)c5c67)cc3)nc2c1. The van der Waals surface area contributed by atoms with Gasteiger partial charge in [-0.25, -0.2) is 9.97 Å². The van der Waals surface area contributed by atoms with Crippen molar-refractivity contribution in [2.75, 3.05) is 0 Å². The summed E-state index contributed by atoms with van der Waals surface area (Å²) in [6.07, 6.45) is 0. The Hall–Kier alpha value is -6.26. The number of rotatable bonds is 4. The second-order valence-electron chi connectivity index (χ2n) is 11.9. The maximum atomic E-state index is 5.99. The fourth-order valence-electron chi connectivity index (χ4n) is 6.77. The number of aromatic nitrogens is 2. The minimum Gasteiger partial charge on any atom is -0.436 e. The van der Waals surface area contributed by atoms with Gasteiger partial charge in [0, 0.05) is 11.1 Å². The highest BCUT2D eigenvalue weighted by molar-refractivity contribution is 6.24. The molecule has 0 aliphatic rings. The second-order valence-corrected chi connectivity index (χ2v) is 11.9. The van der Waals surface area contributed by atoms with E-state index in [0.29, 0.717) is 11.8 Å². The van der Waals surface area contributed by atoms with Gasteiger partial charge in [0.1, 0.15) is 11.0 Å². The number of hydrogen-bond acceptors (Lipinski definition) is 4. The summed E-state index contributed by atoms with van der Waals surface area (Å²) in [6.45, 7) is 0. The van der Waals surface area contributed by atoms with Crippen LogP contribution in [0.5, 0.6) is 0 Å². The van der Waals surface area contributed by atoms with Crippen LogP contribution in [-0.4, -0.2) is 9.97 Å². The highest BCUT2D eigenvalue weighted by Crippen LogP contribution is 2.40. The molecule has 4 nitrogen and oxygen atoms in total. The van der Waals surface area contributed by atoms with Gasteiger partial charge in [-0.2, -0.15) is 0 Å². The van der Waals surface area contributed by atoms with Crippen molar-refractivity contribution in [1.29, 1.82) is 0 Å². The van der Waals surface area contributed by atoms with E-state index in [4.69, 9.17) is 8.83 Å². The molecule has 0 saturated heterocycles. The van der Waals surface area contributed by atoms with Crippen LogP contribution in [-0.2, 0) is 0 Å². The van der Waals surface area contributed by atoms with Crippen LogP contribution in [0.3, 0.4) is 0 Å². The van der Waals surface area contributed by atoms with Gasteiger partial charge in [-0.15, -0.1) is 0 Å². The topological polar surface area (TPSA) is 52.1 Å². The molecule has 214 valence electrons. The molecular formula is C42H24N2O2. The fraction of sp³-hybridized carbons (Fsp3) is 0. The van der Waals surface area contributed by atoms with Crippen molar-refractivity contribution in [3.63, 3.8) is 0 Å². The Kier molecular flexibility index (Phi) is 5.25. The van der Waals surface area contributed by atoms with Crippen LogP contribution in [0.4, 0.5) is 0 Å². The zero-order chi connectivity index (χ0) is 30.2. The summed E-state index contributed by atoms with van der Waals surface area (Å²) in [6, 6.07) is 50.9. The molecule has 0 saturated carbocycles. The summed E-state index contributed by atoms with van der Waals surface area (Å²) in [5, 5.41) is 7.57. The van der Waals surface area contributed by atoms with Crippen molar-refractivity contribution in [2.45, 2.75) is 0 Å². The quantitative estimate of drug-likeness (QED) is 0.192. The molecule has 2 heterocycles. The monoisotopic (exact) mass is 588 g/mol. The summed E-state index contributed by atoms with van der Waals surface area (Å²) in [5.74, 6) is 1.28. The molecule has 0 aliphatic carbocycles. The number of benzene rings is 8. The van der Waals surface area contributed by atoms with Gasteiger partial charge in [0.25, 0.3) is 0 Å². The van der Waals surface area contributed by atoms with Crippen molar-refractivity contribution < 1.29 is 8.83 Å². The number of para-hydroxylation sites is 4. The minimum absolute atomic E-state index is 0.641. The van der Waals surface area contributed by atoms with E-state index in [0.717, 1.165) is 44.5 Å². The lowest BCUT2D eigenvalue weighted by Gasteiger charge is -2.14. The predicted octanol–water partition coefficient (Wildman–Crippen LogP) is 11.5. The molecule has 0 bridgehead atoms. The first-order valence-corrected chi connectivity index (χ1v) is 15.4. The van der Waals surface area contributed by atoms with E-state index in [1.165, 1.54) is 43.4 Å². The van der Waals surface area contributed by atoms with Crippen molar-refractivity contribution in [3.05, 3.63) is 146 Å². The van der Waals surface area contributed by atoms with Crippen LogP contribution in [0.15, 0.2) is 154 Å². The smallest absolute Gasteiger partial charge is 0.227 e. The minimum atomic E-state index is 0.641. The molecule has 0 fully saturated rings. The molecule has 0 atom stereocenters. The van der Waals surface area contributed by atoms with Crippen molar-refractivity contribution >= 4 is 54.5 Å². The van der Waals surface area contributed by atoms with E-state index >= 15 is 0 Å². The zero-order valence-corrected chi connectivity index (χ0v) is 24.6. The third-order valence-electron chi connectivity index (χ3n) is 9.05. The van der Waals surface area contributed by atoms with E-state index in [1.807, 2.05) is 48.5 Å². The summed E-state index contributed by atoms with van der Waals surface area (Å²) >= 11 is 0. The van der Waals surface area contributed by atoms with Gasteiger partial charge in [0.05, 0.1) is 0 Å². The van der Waals surface area contributed by atoms with Gasteiger partial charge in [0.15, 0.2) is 11.2 Å². The van der Waals surface area contributed by atoms with Crippen LogP contribution in [0.25, 0.3) is 99.7 Å². The first-order chi connectivity index (χ1) is 22.7. The molecule has 10 aromatic rings. The van der Waals surface area contributed by atoms with Gasteiger partial charge in [-0.1, -0.05) is 72.8 Å². The Morgan fingerprint density at radius 3 is 1.04 bits per heavy atom. The van der Waals surface area contributed by atoms with E-state index in [-0.39, 0.29) is 0 Å². The molecule has 2 aromatic heterocycles. The molecule has 0 spiro atoms. The lowest BCUT2D eigenvalue weighted by Crippen LogP contribution is -1.88. The highest BCUT2D eigenvalue weighted by Gasteiger charge is 2.14. The first kappa shape index (κ1) is 25.1. The average Bonchev–Trinajstić information content (AvgIpc) is 3.75. The van der Waals surface area contributed by atoms with E-state index in [2.05, 4.69) is 107 Å². The number of nitrogens with zero attached hydrogens (tertiary/aromatic N) is 2. The molecule has 0 unspecified atom stereocenters. The molecule has 4 heteroatoms. The van der Waals surface area contributed by atoms with Gasteiger partial charge >= 0.3 is 0 Å². The van der Waals surface area contributed by atoms with E-state index in [1.54, 1.807) is 0 Å². The largest absolute Gasteiger partial charge is 0.436 e. The lowest BCUT2D eigenvalue weighted by atomic mass is 9.89. The first-order valence-electron chi connectivity index (χ1n) is 15.4. The van der Waals surface area contributed by atoms with Crippen molar-refractivity contribution in [2.24, 2.45) is 0 Å². The molecular weight excluding hydrogens is 564 g/mol. The van der Waals surface area contributed by atoms with Gasteiger partial charge in [-0.05, 0) is 127 Å². The number of fused-ring (bicyclic) bond motifs is 2. The molecule has 0 amide bonds. The predicted molar refractivity (Wildman–Crippen MR) is 187 cm³/mol. The molecule has 0 radical (unpaired) electrons. The maximum absolute atomic E-state index is 5.99. The Morgan fingerprint density at radius 1 is 0.326 bits per heavy atom. The van der Waals surface area contributed by atoms with Crippen LogP contribution in [0.1, 0.15) is 0 Å². The molecule has 10 rings (SSSR count). The lowest BCUT2D eigenvalue weighted by molar-refractivity contribution is 0.619. The molecule has 0 aliphatic heterocycles. The third kappa shape index (κ3) is 3.94. The van der Waals surface area contributed by atoms with Gasteiger partial charge < -0.3 is 8.83 Å². The third-order valence-corrected chi connectivity index (χ3v) is 9.05.